The summed E-state index contributed by atoms with van der Waals surface area (Å²) >= 11 is 0. The number of amides is 2. The van der Waals surface area contributed by atoms with E-state index < -0.39 is 0 Å². The molecule has 1 saturated heterocycles. The average molecular weight is 265 g/mol. The molecule has 0 radical (unpaired) electrons. The molecule has 0 spiro atoms. The van der Waals surface area contributed by atoms with E-state index in [4.69, 9.17) is 0 Å². The number of nitrogens with one attached hydrogen (secondary N) is 3. The molecule has 1 atom stereocenters. The molecule has 0 saturated carbocycles. The van der Waals surface area contributed by atoms with Crippen LogP contribution in [0.25, 0.3) is 0 Å². The Kier molecular flexibility index (Phi) is 4.51. The van der Waals surface area contributed by atoms with Crippen LogP contribution in [-0.2, 0) is 16.1 Å². The van der Waals surface area contributed by atoms with Crippen molar-refractivity contribution in [2.75, 3.05) is 18.9 Å². The van der Waals surface area contributed by atoms with Gasteiger partial charge in [-0.25, -0.2) is 0 Å². The summed E-state index contributed by atoms with van der Waals surface area (Å²) in [4.78, 5) is 23.2. The van der Waals surface area contributed by atoms with Crippen LogP contribution >= 0.6 is 0 Å². The highest BCUT2D eigenvalue weighted by molar-refractivity contribution is 5.94. The molecule has 0 aromatic carbocycles. The quantitative estimate of drug-likeness (QED) is 0.698. The molecular formula is C12H19N5O2. The molecule has 1 aromatic rings. The van der Waals surface area contributed by atoms with Gasteiger partial charge in [0.25, 0.3) is 0 Å². The van der Waals surface area contributed by atoms with Crippen molar-refractivity contribution in [1.29, 1.82) is 0 Å². The van der Waals surface area contributed by atoms with Gasteiger partial charge < -0.3 is 16.0 Å². The summed E-state index contributed by atoms with van der Waals surface area (Å²) in [6, 6.07) is -0.129. The number of aromatic nitrogens is 2. The Balaban J connectivity index is 1.88. The molecule has 104 valence electrons. The van der Waals surface area contributed by atoms with Gasteiger partial charge in [0.2, 0.25) is 11.8 Å². The summed E-state index contributed by atoms with van der Waals surface area (Å²) < 4.78 is 1.49. The topological polar surface area (TPSA) is 88.0 Å². The lowest BCUT2D eigenvalue weighted by Crippen LogP contribution is -2.43. The smallest absolute Gasteiger partial charge is 0.241 e. The third kappa shape index (κ3) is 3.78. The summed E-state index contributed by atoms with van der Waals surface area (Å²) in [6.45, 7) is 1.03. The van der Waals surface area contributed by atoms with E-state index in [2.05, 4.69) is 21.0 Å². The molecule has 0 unspecified atom stereocenters. The highest BCUT2D eigenvalue weighted by Crippen LogP contribution is 2.10. The lowest BCUT2D eigenvalue weighted by atomic mass is 10.0. The molecule has 19 heavy (non-hydrogen) atoms. The normalized spacial score (nSPS) is 18.9. The first-order valence-corrected chi connectivity index (χ1v) is 6.46. The van der Waals surface area contributed by atoms with Gasteiger partial charge in [0.15, 0.2) is 0 Å². The van der Waals surface area contributed by atoms with Crippen LogP contribution in [0.4, 0.5) is 5.69 Å². The number of nitrogens with zero attached hydrogens (tertiary/aromatic N) is 2. The molecule has 1 aromatic heterocycles. The second-order valence-corrected chi connectivity index (χ2v) is 4.59. The Bertz CT molecular complexity index is 451. The van der Waals surface area contributed by atoms with Crippen LogP contribution in [0.5, 0.6) is 0 Å². The molecule has 2 amide bonds. The van der Waals surface area contributed by atoms with Crippen molar-refractivity contribution in [1.82, 2.24) is 20.4 Å². The standard InChI is InChI=1S/C12H19N5O2/c1-13-11(18)8-17-7-9(6-15-17)16-12(19)10-4-2-3-5-14-10/h6-7,10,14H,2-5,8H2,1H3,(H,13,18)(H,16,19)/t10-/m0/s1. The fraction of sp³-hybridized carbons (Fsp3) is 0.583. The zero-order valence-electron chi connectivity index (χ0n) is 11.0. The van der Waals surface area contributed by atoms with Crippen molar-refractivity contribution >= 4 is 17.5 Å². The predicted molar refractivity (Wildman–Crippen MR) is 70.6 cm³/mol. The van der Waals surface area contributed by atoms with Crippen molar-refractivity contribution in [2.24, 2.45) is 0 Å². The van der Waals surface area contributed by atoms with Crippen molar-refractivity contribution in [3.05, 3.63) is 12.4 Å². The van der Waals surface area contributed by atoms with Crippen LogP contribution in [0, 0.1) is 0 Å². The third-order valence-corrected chi connectivity index (χ3v) is 3.11. The maximum absolute atomic E-state index is 12.0. The Hall–Kier alpha value is -1.89. The molecule has 2 heterocycles. The maximum Gasteiger partial charge on any atom is 0.241 e. The molecule has 7 nitrogen and oxygen atoms in total. The van der Waals surface area contributed by atoms with Gasteiger partial charge in [-0.1, -0.05) is 6.42 Å². The molecule has 7 heteroatoms. The molecule has 0 aliphatic carbocycles. The number of carbonyl (C=O) groups is 2. The van der Waals surface area contributed by atoms with Crippen molar-refractivity contribution < 1.29 is 9.59 Å². The van der Waals surface area contributed by atoms with Crippen molar-refractivity contribution in [3.8, 4) is 0 Å². The first-order valence-electron chi connectivity index (χ1n) is 6.46. The SMILES string of the molecule is CNC(=O)Cn1cc(NC(=O)[C@@H]2CCCCN2)cn1. The van der Waals surface area contributed by atoms with E-state index >= 15 is 0 Å². The first-order chi connectivity index (χ1) is 9.19. The minimum Gasteiger partial charge on any atom is -0.358 e. The number of rotatable bonds is 4. The molecule has 1 aliphatic rings. The minimum absolute atomic E-state index is 0.0424. The van der Waals surface area contributed by atoms with Gasteiger partial charge >= 0.3 is 0 Å². The van der Waals surface area contributed by atoms with E-state index in [-0.39, 0.29) is 24.4 Å². The summed E-state index contributed by atoms with van der Waals surface area (Å²) in [5.74, 6) is -0.172. The first kappa shape index (κ1) is 13.5. The minimum atomic E-state index is -0.130. The lowest BCUT2D eigenvalue weighted by Gasteiger charge is -2.22. The highest BCUT2D eigenvalue weighted by atomic mass is 16.2. The lowest BCUT2D eigenvalue weighted by molar-refractivity contribution is -0.121. The maximum atomic E-state index is 12.0. The van der Waals surface area contributed by atoms with Crippen molar-refractivity contribution in [2.45, 2.75) is 31.8 Å². The second-order valence-electron chi connectivity index (χ2n) is 4.59. The Morgan fingerprint density at radius 2 is 2.37 bits per heavy atom. The number of piperidine rings is 1. The molecule has 1 fully saturated rings. The summed E-state index contributed by atoms with van der Waals surface area (Å²) in [5.41, 5.74) is 0.612. The highest BCUT2D eigenvalue weighted by Gasteiger charge is 2.20. The molecular weight excluding hydrogens is 246 g/mol. The van der Waals surface area contributed by atoms with E-state index in [1.165, 1.54) is 4.68 Å². The van der Waals surface area contributed by atoms with Gasteiger partial charge in [0, 0.05) is 13.2 Å². The zero-order chi connectivity index (χ0) is 13.7. The van der Waals surface area contributed by atoms with E-state index in [0.29, 0.717) is 5.69 Å². The fourth-order valence-corrected chi connectivity index (χ4v) is 2.05. The van der Waals surface area contributed by atoms with Gasteiger partial charge in [0.05, 0.1) is 17.9 Å². The van der Waals surface area contributed by atoms with Gasteiger partial charge in [-0.3, -0.25) is 14.3 Å². The van der Waals surface area contributed by atoms with Crippen LogP contribution in [0.15, 0.2) is 12.4 Å². The zero-order valence-corrected chi connectivity index (χ0v) is 11.0. The largest absolute Gasteiger partial charge is 0.358 e. The Labute approximate surface area is 111 Å². The number of hydrogen-bond acceptors (Lipinski definition) is 4. The van der Waals surface area contributed by atoms with Crippen LogP contribution < -0.4 is 16.0 Å². The number of anilines is 1. The fourth-order valence-electron chi connectivity index (χ4n) is 2.05. The second kappa shape index (κ2) is 6.33. The predicted octanol–water partition coefficient (Wildman–Crippen LogP) is -0.290. The average Bonchev–Trinajstić information content (AvgIpc) is 2.86. The molecule has 2 rings (SSSR count). The van der Waals surface area contributed by atoms with Gasteiger partial charge in [-0.2, -0.15) is 5.10 Å². The summed E-state index contributed by atoms with van der Waals surface area (Å²) in [7, 11) is 1.57. The van der Waals surface area contributed by atoms with E-state index in [1.54, 1.807) is 19.4 Å². The van der Waals surface area contributed by atoms with E-state index in [9.17, 15) is 9.59 Å². The molecule has 1 aliphatic heterocycles. The van der Waals surface area contributed by atoms with Gasteiger partial charge in [-0.15, -0.1) is 0 Å². The number of likely N-dealkylation sites (N-methyl/N-ethyl adjacent to an activating group) is 1. The number of carbonyl (C=O) groups excluding carboxylic acids is 2. The third-order valence-electron chi connectivity index (χ3n) is 3.11. The Morgan fingerprint density at radius 3 is 3.05 bits per heavy atom. The monoisotopic (exact) mass is 265 g/mol. The van der Waals surface area contributed by atoms with Gasteiger partial charge in [0.1, 0.15) is 6.54 Å². The summed E-state index contributed by atoms with van der Waals surface area (Å²) in [6.07, 6.45) is 6.24. The van der Waals surface area contributed by atoms with Crippen molar-refractivity contribution in [3.63, 3.8) is 0 Å². The number of hydrogen-bond donors (Lipinski definition) is 3. The summed E-state index contributed by atoms with van der Waals surface area (Å²) in [5, 5.41) is 12.5. The van der Waals surface area contributed by atoms with E-state index in [0.717, 1.165) is 25.8 Å². The molecule has 3 N–H and O–H groups in total. The van der Waals surface area contributed by atoms with Crippen LogP contribution in [0.1, 0.15) is 19.3 Å². The van der Waals surface area contributed by atoms with Crippen LogP contribution in [-0.4, -0.2) is 41.2 Å². The molecule has 0 bridgehead atoms. The van der Waals surface area contributed by atoms with Gasteiger partial charge in [-0.05, 0) is 19.4 Å². The Morgan fingerprint density at radius 1 is 1.53 bits per heavy atom. The van der Waals surface area contributed by atoms with E-state index in [1.807, 2.05) is 0 Å². The van der Waals surface area contributed by atoms with Crippen LogP contribution in [0.3, 0.4) is 0 Å². The van der Waals surface area contributed by atoms with Crippen LogP contribution in [0.2, 0.25) is 0 Å².